The number of pyridine rings is 1. The number of hydrogen-bond donors (Lipinski definition) is 1. The summed E-state index contributed by atoms with van der Waals surface area (Å²) in [6.45, 7) is 5.62. The molecule has 2 atom stereocenters. The lowest BCUT2D eigenvalue weighted by Gasteiger charge is -2.40. The van der Waals surface area contributed by atoms with Gasteiger partial charge in [-0.2, -0.15) is 5.26 Å². The molecule has 1 amide bonds. The quantitative estimate of drug-likeness (QED) is 0.165. The van der Waals surface area contributed by atoms with Crippen molar-refractivity contribution in [2.24, 2.45) is 5.92 Å². The molecule has 48 heavy (non-hydrogen) atoms. The molecule has 5 rings (SSSR count). The van der Waals surface area contributed by atoms with Crippen LogP contribution in [0, 0.1) is 28.9 Å². The second kappa shape index (κ2) is 14.2. The van der Waals surface area contributed by atoms with E-state index in [-0.39, 0.29) is 18.9 Å². The number of nitriles is 1. The van der Waals surface area contributed by atoms with Crippen LogP contribution in [0.2, 0.25) is 0 Å². The summed E-state index contributed by atoms with van der Waals surface area (Å²) in [4.78, 5) is 32.4. The fourth-order valence-electron chi connectivity index (χ4n) is 5.91. The van der Waals surface area contributed by atoms with Crippen molar-refractivity contribution in [3.8, 4) is 34.1 Å². The number of hydrogen-bond acceptors (Lipinski definition) is 9. The van der Waals surface area contributed by atoms with Crippen molar-refractivity contribution in [1.82, 2.24) is 10.3 Å². The number of halogens is 2. The molecule has 1 N–H and O–H groups in total. The molecule has 10 nitrogen and oxygen atoms in total. The van der Waals surface area contributed by atoms with Crippen LogP contribution in [0.3, 0.4) is 0 Å². The third kappa shape index (κ3) is 7.47. The van der Waals surface area contributed by atoms with Crippen LogP contribution in [0.5, 0.6) is 5.75 Å². The molecule has 2 heterocycles. The first-order valence-electron chi connectivity index (χ1n) is 15.3. The van der Waals surface area contributed by atoms with Gasteiger partial charge in [-0.25, -0.2) is 13.6 Å². The molecule has 1 saturated heterocycles. The van der Waals surface area contributed by atoms with E-state index in [1.807, 2.05) is 23.1 Å². The van der Waals surface area contributed by atoms with Crippen molar-refractivity contribution in [2.45, 2.75) is 38.8 Å². The van der Waals surface area contributed by atoms with Crippen molar-refractivity contribution in [2.75, 3.05) is 39.0 Å². The Morgan fingerprint density at radius 2 is 1.79 bits per heavy atom. The van der Waals surface area contributed by atoms with Crippen molar-refractivity contribution >= 4 is 28.7 Å². The fraction of sp³-hybridized carbons (Fsp3) is 0.333. The number of methoxy groups -OCH3 is 2. The van der Waals surface area contributed by atoms with E-state index in [0.29, 0.717) is 57.6 Å². The van der Waals surface area contributed by atoms with Gasteiger partial charge in [0.2, 0.25) is 0 Å². The van der Waals surface area contributed by atoms with Crippen LogP contribution in [-0.2, 0) is 19.0 Å². The predicted molar refractivity (Wildman–Crippen MR) is 175 cm³/mol. The summed E-state index contributed by atoms with van der Waals surface area (Å²) in [5, 5.41) is 13.2. The number of esters is 1. The van der Waals surface area contributed by atoms with Gasteiger partial charge in [0.25, 0.3) is 0 Å². The third-order valence-corrected chi connectivity index (χ3v) is 7.92. The second-order valence-corrected chi connectivity index (χ2v) is 12.4. The number of alkyl carbamates (subject to hydrolysis) is 1. The molecule has 1 aliphatic rings. The molecule has 3 aromatic carbocycles. The number of fused-ring (bicyclic) bond motifs is 1. The van der Waals surface area contributed by atoms with Crippen molar-refractivity contribution < 1.29 is 37.3 Å². The number of carbonyl (C=O) groups excluding carboxylic acids is 2. The van der Waals surface area contributed by atoms with Gasteiger partial charge in [0, 0.05) is 55.0 Å². The van der Waals surface area contributed by atoms with E-state index in [2.05, 4.69) is 16.4 Å². The van der Waals surface area contributed by atoms with Crippen LogP contribution in [0.15, 0.2) is 60.8 Å². The summed E-state index contributed by atoms with van der Waals surface area (Å²) in [5.74, 6) is -2.53. The zero-order chi connectivity index (χ0) is 34.6. The molecular weight excluding hydrogens is 622 g/mol. The number of nitrogens with one attached hydrogen (secondary N) is 1. The summed E-state index contributed by atoms with van der Waals surface area (Å²) in [7, 11) is 2.76. The highest BCUT2D eigenvalue weighted by molar-refractivity contribution is 6.02. The molecule has 0 radical (unpaired) electrons. The van der Waals surface area contributed by atoms with Gasteiger partial charge in [-0.15, -0.1) is 0 Å². The number of amides is 1. The number of benzene rings is 3. The standard InChI is InChI=1S/C36H36F2N4O6/c1-36(2,3)48-35(44)41-31-11-12-42(19-29(31)34(43)46-5)32-27-15-21(26-8-6-7-22(17-39)33(26)47-20-45-4)9-10-30(27)40-18-28(32)23-13-24(37)16-25(38)14-23/h6-10,13-16,18,29,31H,11-12,19-20H2,1-5H3,(H,41,44)/t29-,31-/m1/s1. The van der Waals surface area contributed by atoms with Crippen LogP contribution >= 0.6 is 0 Å². The van der Waals surface area contributed by atoms with Gasteiger partial charge in [0.1, 0.15) is 29.1 Å². The average Bonchev–Trinajstić information content (AvgIpc) is 3.04. The van der Waals surface area contributed by atoms with Crippen molar-refractivity contribution in [3.05, 3.63) is 78.0 Å². The Hall–Kier alpha value is -5.28. The van der Waals surface area contributed by atoms with Gasteiger partial charge in [-0.3, -0.25) is 9.78 Å². The summed E-state index contributed by atoms with van der Waals surface area (Å²) in [5.41, 5.74) is 2.71. The highest BCUT2D eigenvalue weighted by Gasteiger charge is 2.38. The van der Waals surface area contributed by atoms with Crippen LogP contribution in [-0.4, -0.2) is 62.8 Å². The predicted octanol–water partition coefficient (Wildman–Crippen LogP) is 6.59. The topological polar surface area (TPSA) is 123 Å². The molecule has 0 spiro atoms. The van der Waals surface area contributed by atoms with E-state index in [4.69, 9.17) is 18.9 Å². The molecule has 1 aromatic heterocycles. The molecule has 1 fully saturated rings. The largest absolute Gasteiger partial charge is 0.469 e. The summed E-state index contributed by atoms with van der Waals surface area (Å²) < 4.78 is 50.6. The normalized spacial score (nSPS) is 16.2. The maximum Gasteiger partial charge on any atom is 0.407 e. The maximum absolute atomic E-state index is 14.6. The maximum atomic E-state index is 14.6. The monoisotopic (exact) mass is 658 g/mol. The Morgan fingerprint density at radius 1 is 1.04 bits per heavy atom. The minimum Gasteiger partial charge on any atom is -0.469 e. The number of piperidine rings is 1. The van der Waals surface area contributed by atoms with Crippen molar-refractivity contribution in [1.29, 1.82) is 5.26 Å². The van der Waals surface area contributed by atoms with E-state index >= 15 is 0 Å². The second-order valence-electron chi connectivity index (χ2n) is 12.4. The Bertz CT molecular complexity index is 1870. The van der Waals surface area contributed by atoms with Gasteiger partial charge in [0.05, 0.1) is 29.8 Å². The molecule has 4 aromatic rings. The number of carbonyl (C=O) groups is 2. The average molecular weight is 659 g/mol. The molecule has 12 heteroatoms. The number of rotatable bonds is 8. The minimum absolute atomic E-state index is 0.0808. The lowest BCUT2D eigenvalue weighted by Crippen LogP contribution is -2.54. The molecule has 0 bridgehead atoms. The zero-order valence-electron chi connectivity index (χ0n) is 27.3. The third-order valence-electron chi connectivity index (χ3n) is 7.92. The smallest absolute Gasteiger partial charge is 0.407 e. The lowest BCUT2D eigenvalue weighted by molar-refractivity contribution is -0.146. The first-order valence-corrected chi connectivity index (χ1v) is 15.3. The summed E-state index contributed by atoms with van der Waals surface area (Å²) in [6, 6.07) is 15.5. The molecule has 0 saturated carbocycles. The number of nitrogens with zero attached hydrogens (tertiary/aromatic N) is 3. The van der Waals surface area contributed by atoms with E-state index in [9.17, 15) is 23.6 Å². The first-order chi connectivity index (χ1) is 22.9. The Balaban J connectivity index is 1.67. The summed E-state index contributed by atoms with van der Waals surface area (Å²) >= 11 is 0. The molecule has 250 valence electrons. The first kappa shape index (κ1) is 34.1. The van der Waals surface area contributed by atoms with Crippen molar-refractivity contribution in [3.63, 3.8) is 0 Å². The molecular formula is C36H36F2N4O6. The molecule has 0 unspecified atom stereocenters. The van der Waals surface area contributed by atoms with Crippen LogP contribution in [0.4, 0.5) is 19.3 Å². The van der Waals surface area contributed by atoms with Gasteiger partial charge < -0.3 is 29.2 Å². The minimum atomic E-state index is -0.805. The van der Waals surface area contributed by atoms with Gasteiger partial charge >= 0.3 is 12.1 Å². The van der Waals surface area contributed by atoms with Crippen LogP contribution in [0.25, 0.3) is 33.2 Å². The zero-order valence-corrected chi connectivity index (χ0v) is 27.3. The highest BCUT2D eigenvalue weighted by Crippen LogP contribution is 2.42. The SMILES string of the molecule is COCOc1c(C#N)cccc1-c1ccc2ncc(-c3cc(F)cc(F)c3)c(N3CC[C@@H](NC(=O)OC(C)(C)C)[C@H](C(=O)OC)C3)c2c1. The molecule has 0 aliphatic carbocycles. The number of ether oxygens (including phenoxy) is 4. The molecule has 1 aliphatic heterocycles. The summed E-state index contributed by atoms with van der Waals surface area (Å²) in [6.07, 6.45) is 1.22. The van der Waals surface area contributed by atoms with Gasteiger partial charge in [-0.05, 0) is 68.7 Å². The van der Waals surface area contributed by atoms with Gasteiger partial charge in [0.15, 0.2) is 6.79 Å². The number of aromatic nitrogens is 1. The van der Waals surface area contributed by atoms with E-state index in [0.717, 1.165) is 6.07 Å². The Labute approximate surface area is 277 Å². The van der Waals surface area contributed by atoms with E-state index in [1.165, 1.54) is 26.4 Å². The highest BCUT2D eigenvalue weighted by atomic mass is 19.1. The van der Waals surface area contributed by atoms with E-state index in [1.54, 1.807) is 45.2 Å². The van der Waals surface area contributed by atoms with Gasteiger partial charge in [-0.1, -0.05) is 18.2 Å². The Morgan fingerprint density at radius 3 is 2.46 bits per heavy atom. The number of anilines is 1. The lowest BCUT2D eigenvalue weighted by atomic mass is 9.90. The number of para-hydroxylation sites is 1. The Kier molecular flexibility index (Phi) is 10.1. The fourth-order valence-corrected chi connectivity index (χ4v) is 5.91. The van der Waals surface area contributed by atoms with Crippen LogP contribution in [0.1, 0.15) is 32.8 Å². The van der Waals surface area contributed by atoms with E-state index < -0.39 is 41.3 Å². The van der Waals surface area contributed by atoms with Crippen LogP contribution < -0.4 is 15.0 Å².